The van der Waals surface area contributed by atoms with E-state index in [-0.39, 0.29) is 5.76 Å². The summed E-state index contributed by atoms with van der Waals surface area (Å²) < 4.78 is 11.4. The molecular weight excluding hydrogens is 446 g/mol. The maximum Gasteiger partial charge on any atom is 0.294 e. The van der Waals surface area contributed by atoms with E-state index in [0.717, 1.165) is 15.6 Å². The lowest BCUT2D eigenvalue weighted by Crippen LogP contribution is -2.30. The highest BCUT2D eigenvalue weighted by Gasteiger charge is 2.42. The lowest BCUT2D eigenvalue weighted by atomic mass is 9.93. The SMILES string of the molecule is COc1ccc(C2=C(O)C(=O)N(c3ccc(OC)cc3)C2c2cccc(Br)c2)cc1. The zero-order valence-electron chi connectivity index (χ0n) is 16.5. The quantitative estimate of drug-likeness (QED) is 0.538. The Kier molecular flexibility index (Phi) is 5.50. The molecule has 0 fully saturated rings. The number of carbonyl (C=O) groups excluding carboxylic acids is 1. The van der Waals surface area contributed by atoms with Gasteiger partial charge in [0.2, 0.25) is 0 Å². The molecule has 6 heteroatoms. The first kappa shape index (κ1) is 20.0. The van der Waals surface area contributed by atoms with E-state index in [1.165, 1.54) is 0 Å². The zero-order chi connectivity index (χ0) is 21.3. The van der Waals surface area contributed by atoms with Gasteiger partial charge in [0.1, 0.15) is 11.5 Å². The van der Waals surface area contributed by atoms with Gasteiger partial charge in [-0.2, -0.15) is 0 Å². The van der Waals surface area contributed by atoms with Crippen molar-refractivity contribution in [2.75, 3.05) is 19.1 Å². The van der Waals surface area contributed by atoms with E-state index in [1.807, 2.05) is 60.7 Å². The predicted molar refractivity (Wildman–Crippen MR) is 120 cm³/mol. The first-order valence-corrected chi connectivity index (χ1v) is 10.1. The summed E-state index contributed by atoms with van der Waals surface area (Å²) in [5.41, 5.74) is 2.85. The van der Waals surface area contributed by atoms with Crippen LogP contribution in [0.3, 0.4) is 0 Å². The largest absolute Gasteiger partial charge is 0.503 e. The van der Waals surface area contributed by atoms with Crippen molar-refractivity contribution in [3.05, 3.63) is 94.2 Å². The summed E-state index contributed by atoms with van der Waals surface area (Å²) in [4.78, 5) is 14.8. The smallest absolute Gasteiger partial charge is 0.294 e. The summed E-state index contributed by atoms with van der Waals surface area (Å²) in [5, 5.41) is 10.9. The number of methoxy groups -OCH3 is 2. The summed E-state index contributed by atoms with van der Waals surface area (Å²) in [7, 11) is 3.19. The third-order valence-electron chi connectivity index (χ3n) is 5.12. The number of benzene rings is 3. The van der Waals surface area contributed by atoms with E-state index in [4.69, 9.17) is 9.47 Å². The van der Waals surface area contributed by atoms with Gasteiger partial charge in [-0.05, 0) is 59.7 Å². The van der Waals surface area contributed by atoms with Gasteiger partial charge in [-0.1, -0.05) is 40.2 Å². The van der Waals surface area contributed by atoms with Crippen LogP contribution in [-0.2, 0) is 4.79 Å². The number of halogens is 1. The number of rotatable bonds is 5. The highest BCUT2D eigenvalue weighted by Crippen LogP contribution is 2.46. The third-order valence-corrected chi connectivity index (χ3v) is 5.62. The van der Waals surface area contributed by atoms with E-state index < -0.39 is 11.9 Å². The molecule has 1 amide bonds. The molecular formula is C24H20BrNO4. The topological polar surface area (TPSA) is 59.0 Å². The Labute approximate surface area is 183 Å². The van der Waals surface area contributed by atoms with Crippen molar-refractivity contribution in [1.82, 2.24) is 0 Å². The molecule has 0 saturated heterocycles. The van der Waals surface area contributed by atoms with Crippen LogP contribution in [0.5, 0.6) is 11.5 Å². The highest BCUT2D eigenvalue weighted by atomic mass is 79.9. The van der Waals surface area contributed by atoms with Crippen LogP contribution in [-0.4, -0.2) is 25.2 Å². The molecule has 0 bridgehead atoms. The Morgan fingerprint density at radius 3 is 2.07 bits per heavy atom. The second-order valence-electron chi connectivity index (χ2n) is 6.82. The molecule has 1 aliphatic rings. The first-order valence-electron chi connectivity index (χ1n) is 9.34. The van der Waals surface area contributed by atoms with Crippen LogP contribution in [0.4, 0.5) is 5.69 Å². The molecule has 0 saturated carbocycles. The van der Waals surface area contributed by atoms with Gasteiger partial charge in [-0.15, -0.1) is 0 Å². The van der Waals surface area contributed by atoms with Gasteiger partial charge in [-0.25, -0.2) is 0 Å². The standard InChI is InChI=1S/C24H20BrNO4/c1-29-19-10-6-15(7-11-19)21-22(16-4-3-5-17(25)14-16)26(24(28)23(21)27)18-8-12-20(30-2)13-9-18/h3-14,22,27H,1-2H3. The van der Waals surface area contributed by atoms with Gasteiger partial charge >= 0.3 is 0 Å². The molecule has 3 aromatic rings. The lowest BCUT2D eigenvalue weighted by Gasteiger charge is -2.27. The summed E-state index contributed by atoms with van der Waals surface area (Å²) in [6.45, 7) is 0. The fourth-order valence-corrected chi connectivity index (χ4v) is 4.09. The first-order chi connectivity index (χ1) is 14.5. The van der Waals surface area contributed by atoms with Crippen LogP contribution in [0.1, 0.15) is 17.2 Å². The third kappa shape index (κ3) is 3.55. The number of carbonyl (C=O) groups is 1. The molecule has 30 heavy (non-hydrogen) atoms. The number of aliphatic hydroxyl groups excluding tert-OH is 1. The van der Waals surface area contributed by atoms with Gasteiger partial charge in [-0.3, -0.25) is 9.69 Å². The highest BCUT2D eigenvalue weighted by molar-refractivity contribution is 9.10. The molecule has 0 aliphatic carbocycles. The second-order valence-corrected chi connectivity index (χ2v) is 7.74. The van der Waals surface area contributed by atoms with E-state index in [1.54, 1.807) is 31.3 Å². The van der Waals surface area contributed by atoms with Gasteiger partial charge in [0, 0.05) is 15.7 Å². The Bertz CT molecular complexity index is 1110. The fraction of sp³-hybridized carbons (Fsp3) is 0.125. The minimum absolute atomic E-state index is 0.263. The molecule has 5 nitrogen and oxygen atoms in total. The number of amides is 1. The summed E-state index contributed by atoms with van der Waals surface area (Å²) in [5.74, 6) is 0.683. The van der Waals surface area contributed by atoms with Crippen molar-refractivity contribution in [3.8, 4) is 11.5 Å². The van der Waals surface area contributed by atoms with E-state index in [2.05, 4.69) is 15.9 Å². The molecule has 0 aromatic heterocycles. The fourth-order valence-electron chi connectivity index (χ4n) is 3.67. The molecule has 0 radical (unpaired) electrons. The average Bonchev–Trinajstić information content (AvgIpc) is 3.04. The minimum atomic E-state index is -0.489. The maximum atomic E-state index is 13.2. The van der Waals surface area contributed by atoms with Crippen molar-refractivity contribution in [2.45, 2.75) is 6.04 Å². The van der Waals surface area contributed by atoms with E-state index >= 15 is 0 Å². The van der Waals surface area contributed by atoms with Crippen molar-refractivity contribution >= 4 is 33.1 Å². The number of aliphatic hydroxyl groups is 1. The van der Waals surface area contributed by atoms with Crippen LogP contribution >= 0.6 is 15.9 Å². The lowest BCUT2D eigenvalue weighted by molar-refractivity contribution is -0.117. The van der Waals surface area contributed by atoms with Crippen molar-refractivity contribution in [3.63, 3.8) is 0 Å². The summed E-state index contributed by atoms with van der Waals surface area (Å²) >= 11 is 3.51. The van der Waals surface area contributed by atoms with Crippen LogP contribution < -0.4 is 14.4 Å². The van der Waals surface area contributed by atoms with Crippen LogP contribution in [0.2, 0.25) is 0 Å². The molecule has 1 unspecified atom stereocenters. The Balaban J connectivity index is 1.87. The predicted octanol–water partition coefficient (Wildman–Crippen LogP) is 5.52. The van der Waals surface area contributed by atoms with E-state index in [0.29, 0.717) is 22.8 Å². The number of nitrogens with zero attached hydrogens (tertiary/aromatic N) is 1. The Morgan fingerprint density at radius 2 is 1.50 bits per heavy atom. The van der Waals surface area contributed by atoms with Gasteiger partial charge in [0.25, 0.3) is 5.91 Å². The number of anilines is 1. The molecule has 1 N–H and O–H groups in total. The monoisotopic (exact) mass is 465 g/mol. The normalized spacial score (nSPS) is 16.2. The average molecular weight is 466 g/mol. The molecule has 152 valence electrons. The molecule has 1 aliphatic heterocycles. The van der Waals surface area contributed by atoms with Gasteiger partial charge in [0.05, 0.1) is 20.3 Å². The van der Waals surface area contributed by atoms with E-state index in [9.17, 15) is 9.90 Å². The molecule has 4 rings (SSSR count). The van der Waals surface area contributed by atoms with Crippen LogP contribution in [0.15, 0.2) is 83.0 Å². The number of ether oxygens (including phenoxy) is 2. The Hall–Kier alpha value is -3.25. The molecule has 1 atom stereocenters. The van der Waals surface area contributed by atoms with Crippen molar-refractivity contribution < 1.29 is 19.4 Å². The van der Waals surface area contributed by atoms with Gasteiger partial charge in [0.15, 0.2) is 5.76 Å². The van der Waals surface area contributed by atoms with Crippen LogP contribution in [0, 0.1) is 0 Å². The van der Waals surface area contributed by atoms with Crippen LogP contribution in [0.25, 0.3) is 5.57 Å². The second kappa shape index (κ2) is 8.24. The molecule has 1 heterocycles. The minimum Gasteiger partial charge on any atom is -0.503 e. The van der Waals surface area contributed by atoms with Crippen molar-refractivity contribution in [1.29, 1.82) is 0 Å². The number of hydrogen-bond donors (Lipinski definition) is 1. The van der Waals surface area contributed by atoms with Crippen molar-refractivity contribution in [2.24, 2.45) is 0 Å². The maximum absolute atomic E-state index is 13.2. The summed E-state index contributed by atoms with van der Waals surface area (Å²) in [6.07, 6.45) is 0. The molecule has 3 aromatic carbocycles. The zero-order valence-corrected chi connectivity index (χ0v) is 18.1. The Morgan fingerprint density at radius 1 is 0.900 bits per heavy atom. The molecule has 0 spiro atoms. The van der Waals surface area contributed by atoms with Gasteiger partial charge < -0.3 is 14.6 Å². The number of hydrogen-bond acceptors (Lipinski definition) is 4. The summed E-state index contributed by atoms with van der Waals surface area (Å²) in [6, 6.07) is 21.8.